The molecule has 1 unspecified atom stereocenters. The fourth-order valence-electron chi connectivity index (χ4n) is 1.67. The first-order chi connectivity index (χ1) is 9.16. The molecule has 1 aromatic carbocycles. The summed E-state index contributed by atoms with van der Waals surface area (Å²) in [5, 5.41) is 11.6. The highest BCUT2D eigenvalue weighted by Crippen LogP contribution is 2.32. The van der Waals surface area contributed by atoms with E-state index < -0.39 is 23.7 Å². The van der Waals surface area contributed by atoms with Gasteiger partial charge in [0.05, 0.1) is 16.8 Å². The Labute approximate surface area is 114 Å². The summed E-state index contributed by atoms with van der Waals surface area (Å²) in [6.07, 6.45) is -4.52. The Morgan fingerprint density at radius 2 is 2.00 bits per heavy atom. The van der Waals surface area contributed by atoms with E-state index in [1.165, 1.54) is 0 Å². The Morgan fingerprint density at radius 3 is 2.40 bits per heavy atom. The SMILES string of the molecule is CC(C)C(Nc1ccc(C(F)(F)F)cc1C#N)C(N)=O. The van der Waals surface area contributed by atoms with Gasteiger partial charge in [-0.15, -0.1) is 0 Å². The molecule has 1 rings (SSSR count). The van der Waals surface area contributed by atoms with Crippen molar-refractivity contribution in [3.63, 3.8) is 0 Å². The van der Waals surface area contributed by atoms with Crippen molar-refractivity contribution in [2.24, 2.45) is 11.7 Å². The van der Waals surface area contributed by atoms with Crippen LogP contribution in [0.15, 0.2) is 18.2 Å². The normalized spacial score (nSPS) is 12.8. The van der Waals surface area contributed by atoms with E-state index >= 15 is 0 Å². The molecule has 0 heterocycles. The number of hydrogen-bond acceptors (Lipinski definition) is 3. The van der Waals surface area contributed by atoms with E-state index in [4.69, 9.17) is 11.0 Å². The summed E-state index contributed by atoms with van der Waals surface area (Å²) in [5.74, 6) is -0.801. The second-order valence-corrected chi connectivity index (χ2v) is 4.64. The fourth-order valence-corrected chi connectivity index (χ4v) is 1.67. The van der Waals surface area contributed by atoms with E-state index in [1.54, 1.807) is 19.9 Å². The number of nitrogens with one attached hydrogen (secondary N) is 1. The minimum Gasteiger partial charge on any atom is -0.372 e. The molecule has 1 amide bonds. The number of carbonyl (C=O) groups is 1. The molecular weight excluding hydrogens is 271 g/mol. The molecule has 0 fully saturated rings. The maximum atomic E-state index is 12.6. The van der Waals surface area contributed by atoms with E-state index in [-0.39, 0.29) is 17.2 Å². The van der Waals surface area contributed by atoms with Crippen molar-refractivity contribution in [2.45, 2.75) is 26.1 Å². The van der Waals surface area contributed by atoms with Crippen LogP contribution in [0.4, 0.5) is 18.9 Å². The molecule has 0 radical (unpaired) electrons. The van der Waals surface area contributed by atoms with E-state index in [0.29, 0.717) is 0 Å². The molecule has 0 aliphatic carbocycles. The molecule has 1 atom stereocenters. The molecule has 108 valence electrons. The molecule has 0 spiro atoms. The van der Waals surface area contributed by atoms with Crippen molar-refractivity contribution < 1.29 is 18.0 Å². The average Bonchev–Trinajstić information content (AvgIpc) is 2.33. The van der Waals surface area contributed by atoms with Crippen molar-refractivity contribution >= 4 is 11.6 Å². The van der Waals surface area contributed by atoms with Gasteiger partial charge >= 0.3 is 6.18 Å². The van der Waals surface area contributed by atoms with Gasteiger partial charge in [-0.3, -0.25) is 4.79 Å². The molecule has 20 heavy (non-hydrogen) atoms. The Kier molecular flexibility index (Phi) is 4.61. The highest BCUT2D eigenvalue weighted by atomic mass is 19.4. The van der Waals surface area contributed by atoms with Gasteiger partial charge in [0.1, 0.15) is 12.1 Å². The molecule has 0 aliphatic heterocycles. The van der Waals surface area contributed by atoms with Crippen LogP contribution in [0.2, 0.25) is 0 Å². The largest absolute Gasteiger partial charge is 0.416 e. The third-order valence-electron chi connectivity index (χ3n) is 2.75. The Balaban J connectivity index is 3.14. The number of benzene rings is 1. The second kappa shape index (κ2) is 5.82. The number of primary amides is 1. The van der Waals surface area contributed by atoms with Crippen LogP contribution in [0.5, 0.6) is 0 Å². The lowest BCUT2D eigenvalue weighted by Gasteiger charge is -2.21. The van der Waals surface area contributed by atoms with E-state index in [2.05, 4.69) is 5.32 Å². The van der Waals surface area contributed by atoms with Gasteiger partial charge in [-0.1, -0.05) is 13.8 Å². The van der Waals surface area contributed by atoms with Crippen molar-refractivity contribution in [3.05, 3.63) is 29.3 Å². The third kappa shape index (κ3) is 3.63. The molecule has 0 aliphatic rings. The number of hydrogen-bond donors (Lipinski definition) is 2. The van der Waals surface area contributed by atoms with Crippen LogP contribution in [0, 0.1) is 17.2 Å². The van der Waals surface area contributed by atoms with Crippen LogP contribution in [-0.4, -0.2) is 11.9 Å². The van der Waals surface area contributed by atoms with Gasteiger partial charge in [0, 0.05) is 0 Å². The van der Waals surface area contributed by atoms with Crippen molar-refractivity contribution in [2.75, 3.05) is 5.32 Å². The zero-order valence-corrected chi connectivity index (χ0v) is 11.0. The van der Waals surface area contributed by atoms with Crippen LogP contribution in [0.1, 0.15) is 25.0 Å². The molecule has 0 saturated heterocycles. The van der Waals surface area contributed by atoms with Gasteiger partial charge < -0.3 is 11.1 Å². The summed E-state index contributed by atoms with van der Waals surface area (Å²) in [5.41, 5.74) is 4.26. The number of anilines is 1. The number of amides is 1. The minimum atomic E-state index is -4.52. The molecule has 7 heteroatoms. The lowest BCUT2D eigenvalue weighted by Crippen LogP contribution is -2.39. The number of halogens is 3. The van der Waals surface area contributed by atoms with Crippen LogP contribution in [0.3, 0.4) is 0 Å². The quantitative estimate of drug-likeness (QED) is 0.892. The molecule has 3 N–H and O–H groups in total. The van der Waals surface area contributed by atoms with Gasteiger partial charge in [-0.2, -0.15) is 18.4 Å². The summed E-state index contributed by atoms with van der Waals surface area (Å²) in [6.45, 7) is 3.47. The van der Waals surface area contributed by atoms with Crippen LogP contribution >= 0.6 is 0 Å². The topological polar surface area (TPSA) is 78.9 Å². The van der Waals surface area contributed by atoms with E-state index in [1.807, 2.05) is 0 Å². The minimum absolute atomic E-state index is 0.151. The van der Waals surface area contributed by atoms with Crippen molar-refractivity contribution in [1.29, 1.82) is 5.26 Å². The highest BCUT2D eigenvalue weighted by molar-refractivity contribution is 5.83. The van der Waals surface area contributed by atoms with Crippen LogP contribution in [0.25, 0.3) is 0 Å². The fraction of sp³-hybridized carbons (Fsp3) is 0.385. The Morgan fingerprint density at radius 1 is 1.40 bits per heavy atom. The lowest BCUT2D eigenvalue weighted by molar-refractivity contribution is -0.137. The number of alkyl halides is 3. The zero-order chi connectivity index (χ0) is 15.5. The van der Waals surface area contributed by atoms with Gasteiger partial charge in [-0.05, 0) is 24.1 Å². The number of nitrogens with zero attached hydrogens (tertiary/aromatic N) is 1. The van der Waals surface area contributed by atoms with Crippen LogP contribution in [-0.2, 0) is 11.0 Å². The molecule has 0 bridgehead atoms. The first kappa shape index (κ1) is 15.8. The number of carbonyl (C=O) groups excluding carboxylic acids is 1. The molecule has 1 aromatic rings. The van der Waals surface area contributed by atoms with Crippen molar-refractivity contribution in [1.82, 2.24) is 0 Å². The van der Waals surface area contributed by atoms with Gasteiger partial charge in [-0.25, -0.2) is 0 Å². The first-order valence-electron chi connectivity index (χ1n) is 5.84. The summed E-state index contributed by atoms with van der Waals surface area (Å²) in [6, 6.07) is 3.62. The molecule has 0 aromatic heterocycles. The zero-order valence-electron chi connectivity index (χ0n) is 11.0. The maximum absolute atomic E-state index is 12.6. The summed E-state index contributed by atoms with van der Waals surface area (Å²) in [7, 11) is 0. The van der Waals surface area contributed by atoms with E-state index in [9.17, 15) is 18.0 Å². The Bertz CT molecular complexity index is 547. The predicted molar refractivity (Wildman–Crippen MR) is 67.6 cm³/mol. The number of nitrogens with two attached hydrogens (primary N) is 1. The number of rotatable bonds is 4. The molecule has 0 saturated carbocycles. The van der Waals surface area contributed by atoms with Gasteiger partial charge in [0.25, 0.3) is 0 Å². The van der Waals surface area contributed by atoms with Crippen LogP contribution < -0.4 is 11.1 Å². The number of nitriles is 1. The standard InChI is InChI=1S/C13H14F3N3O/c1-7(2)11(12(18)20)19-10-4-3-9(13(14,15)16)5-8(10)6-17/h3-5,7,11,19H,1-2H3,(H2,18,20). The summed E-state index contributed by atoms with van der Waals surface area (Å²) >= 11 is 0. The Hall–Kier alpha value is -2.23. The predicted octanol–water partition coefficient (Wildman–Crippen LogP) is 2.50. The smallest absolute Gasteiger partial charge is 0.372 e. The van der Waals surface area contributed by atoms with Gasteiger partial charge in [0.2, 0.25) is 5.91 Å². The highest BCUT2D eigenvalue weighted by Gasteiger charge is 2.31. The monoisotopic (exact) mass is 285 g/mol. The second-order valence-electron chi connectivity index (χ2n) is 4.64. The third-order valence-corrected chi connectivity index (χ3v) is 2.75. The van der Waals surface area contributed by atoms with Crippen molar-refractivity contribution in [3.8, 4) is 6.07 Å². The maximum Gasteiger partial charge on any atom is 0.416 e. The molecular formula is C13H14F3N3O. The summed E-state index contributed by atoms with van der Waals surface area (Å²) in [4.78, 5) is 11.3. The average molecular weight is 285 g/mol. The first-order valence-corrected chi connectivity index (χ1v) is 5.84. The molecule has 4 nitrogen and oxygen atoms in total. The van der Waals surface area contributed by atoms with Gasteiger partial charge in [0.15, 0.2) is 0 Å². The lowest BCUT2D eigenvalue weighted by atomic mass is 10.0. The summed E-state index contributed by atoms with van der Waals surface area (Å²) < 4.78 is 37.7. The van der Waals surface area contributed by atoms with E-state index in [0.717, 1.165) is 18.2 Å².